The molecule has 0 bridgehead atoms. The van der Waals surface area contributed by atoms with Crippen molar-refractivity contribution in [3.8, 4) is 0 Å². The van der Waals surface area contributed by atoms with Crippen LogP contribution in [0.3, 0.4) is 0 Å². The van der Waals surface area contributed by atoms with Crippen molar-refractivity contribution in [1.82, 2.24) is 0 Å². The van der Waals surface area contributed by atoms with E-state index in [2.05, 4.69) is 12.1 Å². The second-order valence-corrected chi connectivity index (χ2v) is 2.15. The Balaban J connectivity index is 0. The summed E-state index contributed by atoms with van der Waals surface area (Å²) in [6, 6.07) is 25.0. The molecule has 2 heteroatoms. The normalized spacial score (nSPS) is 6.86. The van der Waals surface area contributed by atoms with E-state index in [1.807, 2.05) is 60.7 Å². The second kappa shape index (κ2) is 12.5. The van der Waals surface area contributed by atoms with Gasteiger partial charge in [0.1, 0.15) is 0 Å². The van der Waals surface area contributed by atoms with Crippen LogP contribution in [0.4, 0.5) is 0 Å². The van der Waals surface area contributed by atoms with E-state index in [9.17, 15) is 0 Å². The molecule has 0 N–H and O–H groups in total. The van der Waals surface area contributed by atoms with E-state index >= 15 is 0 Å². The van der Waals surface area contributed by atoms with E-state index in [-0.39, 0.29) is 34.7 Å². The topological polar surface area (TPSA) is 0 Å². The summed E-state index contributed by atoms with van der Waals surface area (Å²) < 4.78 is 0. The molecule has 2 rings (SSSR count). The Bertz CT molecular complexity index is 184. The van der Waals surface area contributed by atoms with Crippen molar-refractivity contribution in [2.24, 2.45) is 0 Å². The van der Waals surface area contributed by atoms with E-state index in [0.717, 1.165) is 0 Å². The van der Waals surface area contributed by atoms with Crippen LogP contribution in [-0.2, 0) is 34.7 Å². The van der Waals surface area contributed by atoms with Crippen LogP contribution in [0.15, 0.2) is 60.7 Å². The Morgan fingerprint density at radius 1 is 0.429 bits per heavy atom. The molecule has 0 radical (unpaired) electrons. The van der Waals surface area contributed by atoms with Crippen LogP contribution in [0.5, 0.6) is 0 Å². The third kappa shape index (κ3) is 9.59. The monoisotopic (exact) mass is 258 g/mol. The summed E-state index contributed by atoms with van der Waals surface area (Å²) in [6.07, 6.45) is 0. The average Bonchev–Trinajstić information content (AvgIpc) is 2.24. The molecule has 0 aliphatic rings. The zero-order valence-electron chi connectivity index (χ0n) is 7.59. The van der Waals surface area contributed by atoms with Crippen molar-refractivity contribution in [2.75, 3.05) is 0 Å². The van der Waals surface area contributed by atoms with Crippen LogP contribution in [0.25, 0.3) is 0 Å². The molecule has 14 heavy (non-hydrogen) atoms. The zero-order valence-corrected chi connectivity index (χ0v) is 10.1. The van der Waals surface area contributed by atoms with Crippen molar-refractivity contribution in [1.29, 1.82) is 0 Å². The van der Waals surface area contributed by atoms with Gasteiger partial charge in [-0.2, -0.15) is 72.8 Å². The van der Waals surface area contributed by atoms with Crippen LogP contribution in [0.1, 0.15) is 0 Å². The van der Waals surface area contributed by atoms with Gasteiger partial charge in [0.15, 0.2) is 0 Å². The summed E-state index contributed by atoms with van der Waals surface area (Å²) in [4.78, 5) is 0. The van der Waals surface area contributed by atoms with Gasteiger partial charge in [0, 0.05) is 34.7 Å². The van der Waals surface area contributed by atoms with Gasteiger partial charge in [0.25, 0.3) is 0 Å². The standard InChI is InChI=1S/2C6H5.2Cr/c2*1-2-4-6-5-3-1;;/h2*1-5H;;/q2*-1;;. The third-order valence-corrected chi connectivity index (χ3v) is 1.21. The first-order valence-corrected chi connectivity index (χ1v) is 3.82. The van der Waals surface area contributed by atoms with Gasteiger partial charge < -0.3 is 0 Å². The van der Waals surface area contributed by atoms with Gasteiger partial charge in [-0.1, -0.05) is 0 Å². The maximum absolute atomic E-state index is 2.89. The quantitative estimate of drug-likeness (QED) is 0.637. The van der Waals surface area contributed by atoms with Crippen molar-refractivity contribution in [3.63, 3.8) is 0 Å². The minimum Gasteiger partial charge on any atom is -0.184 e. The molecule has 0 saturated heterocycles. The molecule has 0 aromatic heterocycles. The smallest absolute Gasteiger partial charge is 0 e. The molecule has 0 fully saturated rings. The molecule has 0 atom stereocenters. The van der Waals surface area contributed by atoms with E-state index in [4.69, 9.17) is 0 Å². The predicted molar refractivity (Wildman–Crippen MR) is 50.6 cm³/mol. The van der Waals surface area contributed by atoms with Crippen molar-refractivity contribution >= 4 is 0 Å². The summed E-state index contributed by atoms with van der Waals surface area (Å²) in [5.74, 6) is 0. The molecule has 0 saturated carbocycles. The van der Waals surface area contributed by atoms with Crippen LogP contribution in [0.2, 0.25) is 0 Å². The molecular weight excluding hydrogens is 248 g/mol. The van der Waals surface area contributed by atoms with E-state index < -0.39 is 0 Å². The first-order chi connectivity index (χ1) is 6.00. The minimum atomic E-state index is 0. The molecule has 0 heterocycles. The summed E-state index contributed by atoms with van der Waals surface area (Å²) in [6.45, 7) is 0. The molecular formula is C12H10Cr2-2. The van der Waals surface area contributed by atoms with Crippen LogP contribution in [-0.4, -0.2) is 0 Å². The molecule has 2 aromatic rings. The molecule has 72 valence electrons. The van der Waals surface area contributed by atoms with Crippen molar-refractivity contribution in [3.05, 3.63) is 72.8 Å². The molecule has 2 aromatic carbocycles. The summed E-state index contributed by atoms with van der Waals surface area (Å²) in [5.41, 5.74) is 0. The largest absolute Gasteiger partial charge is 0.184 e. The van der Waals surface area contributed by atoms with Gasteiger partial charge in [-0.3, -0.25) is 0 Å². The number of hydrogen-bond donors (Lipinski definition) is 0. The molecule has 0 amide bonds. The second-order valence-electron chi connectivity index (χ2n) is 2.15. The van der Waals surface area contributed by atoms with Gasteiger partial charge in [-0.15, -0.1) is 0 Å². The molecule has 0 unspecified atom stereocenters. The van der Waals surface area contributed by atoms with E-state index in [0.29, 0.717) is 0 Å². The number of benzene rings is 2. The molecule has 0 aliphatic heterocycles. The van der Waals surface area contributed by atoms with Crippen LogP contribution in [0, 0.1) is 12.1 Å². The number of hydrogen-bond acceptors (Lipinski definition) is 0. The third-order valence-electron chi connectivity index (χ3n) is 1.21. The van der Waals surface area contributed by atoms with Gasteiger partial charge in [-0.25, -0.2) is 0 Å². The van der Waals surface area contributed by atoms with Crippen molar-refractivity contribution in [2.45, 2.75) is 0 Å². The molecule has 0 nitrogen and oxygen atoms in total. The van der Waals surface area contributed by atoms with Crippen LogP contribution < -0.4 is 0 Å². The zero-order chi connectivity index (χ0) is 8.49. The fourth-order valence-electron chi connectivity index (χ4n) is 0.684. The summed E-state index contributed by atoms with van der Waals surface area (Å²) in [5, 5.41) is 0. The van der Waals surface area contributed by atoms with Gasteiger partial charge in [0.05, 0.1) is 0 Å². The Morgan fingerprint density at radius 2 is 0.714 bits per heavy atom. The molecule has 0 aliphatic carbocycles. The van der Waals surface area contributed by atoms with Gasteiger partial charge in [-0.05, 0) is 0 Å². The van der Waals surface area contributed by atoms with Gasteiger partial charge in [0.2, 0.25) is 0 Å². The maximum Gasteiger partial charge on any atom is 0 e. The van der Waals surface area contributed by atoms with E-state index in [1.165, 1.54) is 0 Å². The SMILES string of the molecule is [Cr].[Cr].[c-]1ccccc1.[c-]1ccccc1. The van der Waals surface area contributed by atoms with Crippen LogP contribution >= 0.6 is 0 Å². The summed E-state index contributed by atoms with van der Waals surface area (Å²) in [7, 11) is 0. The summed E-state index contributed by atoms with van der Waals surface area (Å²) >= 11 is 0. The first-order valence-electron chi connectivity index (χ1n) is 3.82. The predicted octanol–water partition coefficient (Wildman–Crippen LogP) is 2.97. The van der Waals surface area contributed by atoms with E-state index in [1.54, 1.807) is 0 Å². The fourth-order valence-corrected chi connectivity index (χ4v) is 0.684. The Labute approximate surface area is 107 Å². The fraction of sp³-hybridized carbons (Fsp3) is 0. The Kier molecular flexibility index (Phi) is 14.3. The maximum atomic E-state index is 2.89. The Hall–Kier alpha value is -0.495. The number of rotatable bonds is 0. The Morgan fingerprint density at radius 3 is 0.786 bits per heavy atom. The molecule has 0 spiro atoms. The first kappa shape index (κ1) is 16.0. The van der Waals surface area contributed by atoms with Crippen molar-refractivity contribution < 1.29 is 34.7 Å². The average molecular weight is 258 g/mol. The minimum absolute atomic E-state index is 0. The van der Waals surface area contributed by atoms with Gasteiger partial charge >= 0.3 is 0 Å².